The smallest absolute Gasteiger partial charge is 0.238 e. The number of hydrogen-bond acceptors (Lipinski definition) is 2. The molecule has 1 aliphatic heterocycles. The minimum absolute atomic E-state index is 0.0228. The molecule has 3 nitrogen and oxygen atoms in total. The minimum atomic E-state index is -0.0660. The van der Waals surface area contributed by atoms with E-state index in [2.05, 4.69) is 0 Å². The molecular weight excluding hydrogens is 244 g/mol. The van der Waals surface area contributed by atoms with Crippen LogP contribution in [0.25, 0.3) is 0 Å². The highest BCUT2D eigenvalue weighted by atomic mass is 127. The van der Waals surface area contributed by atoms with Gasteiger partial charge in [-0.05, 0) is 6.42 Å². The van der Waals surface area contributed by atoms with Gasteiger partial charge in [0.1, 0.15) is 7.85 Å². The van der Waals surface area contributed by atoms with Crippen LogP contribution >= 0.6 is 22.9 Å². The van der Waals surface area contributed by atoms with Gasteiger partial charge in [0, 0.05) is 12.2 Å². The molecular formula is C5H7BINO2. The maximum absolute atomic E-state index is 11.0. The van der Waals surface area contributed by atoms with Gasteiger partial charge in [0.05, 0.1) is 22.9 Å². The number of carbonyl (C=O) groups is 2. The molecule has 54 valence electrons. The molecule has 2 amide bonds. The van der Waals surface area contributed by atoms with Crippen LogP contribution in [0.2, 0.25) is 5.82 Å². The van der Waals surface area contributed by atoms with Gasteiger partial charge in [0.2, 0.25) is 11.8 Å². The first-order chi connectivity index (χ1) is 4.63. The van der Waals surface area contributed by atoms with Gasteiger partial charge in [0.15, 0.2) is 0 Å². The molecule has 0 N–H and O–H groups in total. The highest BCUT2D eigenvalue weighted by molar-refractivity contribution is 14.1. The van der Waals surface area contributed by atoms with Gasteiger partial charge in [-0.1, -0.05) is 0 Å². The molecule has 1 heterocycles. The van der Waals surface area contributed by atoms with Crippen molar-refractivity contribution in [2.75, 3.05) is 0 Å². The van der Waals surface area contributed by atoms with Crippen LogP contribution in [0.3, 0.4) is 0 Å². The first-order valence-electron chi connectivity index (χ1n) is 3.15. The van der Waals surface area contributed by atoms with Gasteiger partial charge in [-0.15, -0.1) is 0 Å². The monoisotopic (exact) mass is 251 g/mol. The Morgan fingerprint density at radius 3 is 2.70 bits per heavy atom. The standard InChI is InChI=1S/C5H7BINO2/c6-3-1-2-4(9)8(7)5(3)10/h3H,1-2,6H2/t3-/m0/s1. The van der Waals surface area contributed by atoms with E-state index in [1.807, 2.05) is 7.85 Å². The van der Waals surface area contributed by atoms with E-state index in [4.69, 9.17) is 0 Å². The van der Waals surface area contributed by atoms with Crippen molar-refractivity contribution in [2.45, 2.75) is 18.7 Å². The number of carbonyl (C=O) groups excluding carboxylic acids is 2. The summed E-state index contributed by atoms with van der Waals surface area (Å²) in [4.78, 5) is 21.9. The summed E-state index contributed by atoms with van der Waals surface area (Å²) in [5.74, 6) is -0.102. The zero-order valence-electron chi connectivity index (χ0n) is 5.63. The third-order valence-electron chi connectivity index (χ3n) is 1.63. The Labute approximate surface area is 74.0 Å². The lowest BCUT2D eigenvalue weighted by molar-refractivity contribution is -0.139. The fraction of sp³-hybridized carbons (Fsp3) is 0.600. The Morgan fingerprint density at radius 1 is 1.60 bits per heavy atom. The zero-order valence-corrected chi connectivity index (χ0v) is 7.79. The van der Waals surface area contributed by atoms with Crippen LogP contribution in [0.5, 0.6) is 0 Å². The van der Waals surface area contributed by atoms with Gasteiger partial charge in [-0.25, -0.2) is 3.11 Å². The van der Waals surface area contributed by atoms with Crippen molar-refractivity contribution < 1.29 is 9.59 Å². The van der Waals surface area contributed by atoms with Gasteiger partial charge < -0.3 is 0 Å². The fourth-order valence-electron chi connectivity index (χ4n) is 0.878. The summed E-state index contributed by atoms with van der Waals surface area (Å²) in [7, 11) is 1.85. The second kappa shape index (κ2) is 2.90. The van der Waals surface area contributed by atoms with E-state index < -0.39 is 0 Å². The number of rotatable bonds is 0. The van der Waals surface area contributed by atoms with Crippen LogP contribution in [0.1, 0.15) is 12.8 Å². The van der Waals surface area contributed by atoms with Crippen molar-refractivity contribution in [3.8, 4) is 0 Å². The van der Waals surface area contributed by atoms with Gasteiger partial charge in [0.25, 0.3) is 0 Å². The molecule has 0 bridgehead atoms. The summed E-state index contributed by atoms with van der Waals surface area (Å²) in [6.45, 7) is 0. The molecule has 1 rings (SSSR count). The molecule has 1 saturated heterocycles. The number of amides is 2. The largest absolute Gasteiger partial charge is 0.274 e. The van der Waals surface area contributed by atoms with Gasteiger partial charge in [-0.3, -0.25) is 9.59 Å². The van der Waals surface area contributed by atoms with Crippen LogP contribution in [-0.2, 0) is 9.59 Å². The Balaban J connectivity index is 2.70. The van der Waals surface area contributed by atoms with Crippen molar-refractivity contribution in [1.82, 2.24) is 3.11 Å². The first-order valence-corrected chi connectivity index (χ1v) is 4.12. The third-order valence-corrected chi connectivity index (χ3v) is 2.64. The second-order valence-corrected chi connectivity index (χ2v) is 3.42. The number of imide groups is 1. The summed E-state index contributed by atoms with van der Waals surface area (Å²) >= 11 is 1.76. The summed E-state index contributed by atoms with van der Waals surface area (Å²) in [5.41, 5.74) is 0. The Kier molecular flexibility index (Phi) is 2.33. The molecule has 0 spiro atoms. The lowest BCUT2D eigenvalue weighted by Gasteiger charge is -2.22. The van der Waals surface area contributed by atoms with E-state index in [9.17, 15) is 9.59 Å². The summed E-state index contributed by atoms with van der Waals surface area (Å²) in [6.07, 6.45) is 1.22. The SMILES string of the molecule is B[C@H]1CCC(=O)N(I)C1=O. The zero-order chi connectivity index (χ0) is 7.72. The van der Waals surface area contributed by atoms with Crippen molar-refractivity contribution in [3.05, 3.63) is 0 Å². The highest BCUT2D eigenvalue weighted by Crippen LogP contribution is 2.23. The van der Waals surface area contributed by atoms with Crippen LogP contribution in [0.15, 0.2) is 0 Å². The molecule has 1 aliphatic rings. The molecule has 0 saturated carbocycles. The Hall–Kier alpha value is -0.0651. The molecule has 5 heteroatoms. The van der Waals surface area contributed by atoms with E-state index in [0.717, 1.165) is 0 Å². The molecule has 0 aliphatic carbocycles. The number of nitrogens with zero attached hydrogens (tertiary/aromatic N) is 1. The van der Waals surface area contributed by atoms with Gasteiger partial charge >= 0.3 is 0 Å². The highest BCUT2D eigenvalue weighted by Gasteiger charge is 2.29. The predicted octanol–water partition coefficient (Wildman–Crippen LogP) is -0.0930. The number of halogens is 1. The maximum atomic E-state index is 11.0. The van der Waals surface area contributed by atoms with Crippen molar-refractivity contribution in [1.29, 1.82) is 0 Å². The van der Waals surface area contributed by atoms with E-state index >= 15 is 0 Å². The van der Waals surface area contributed by atoms with Crippen molar-refractivity contribution in [2.24, 2.45) is 0 Å². The predicted molar refractivity (Wildman–Crippen MR) is 47.4 cm³/mol. The van der Waals surface area contributed by atoms with Crippen LogP contribution in [0.4, 0.5) is 0 Å². The van der Waals surface area contributed by atoms with Crippen LogP contribution in [-0.4, -0.2) is 22.8 Å². The topological polar surface area (TPSA) is 37.4 Å². The lowest BCUT2D eigenvalue weighted by atomic mass is 9.81. The summed E-state index contributed by atoms with van der Waals surface area (Å²) in [6, 6.07) is 0. The van der Waals surface area contributed by atoms with Crippen LogP contribution < -0.4 is 0 Å². The van der Waals surface area contributed by atoms with Gasteiger partial charge in [-0.2, -0.15) is 0 Å². The minimum Gasteiger partial charge on any atom is -0.274 e. The fourth-order valence-corrected chi connectivity index (χ4v) is 1.59. The quantitative estimate of drug-likeness (QED) is 0.261. The lowest BCUT2D eigenvalue weighted by Crippen LogP contribution is -2.35. The average molecular weight is 251 g/mol. The van der Waals surface area contributed by atoms with E-state index in [1.165, 1.54) is 3.11 Å². The first kappa shape index (κ1) is 8.04. The summed E-state index contributed by atoms with van der Waals surface area (Å²) in [5, 5.41) is 0. The van der Waals surface area contributed by atoms with E-state index in [1.54, 1.807) is 22.9 Å². The van der Waals surface area contributed by atoms with Crippen LogP contribution in [0, 0.1) is 0 Å². The molecule has 1 atom stereocenters. The molecule has 10 heavy (non-hydrogen) atoms. The Bertz CT molecular complexity index is 184. The molecule has 1 fully saturated rings. The summed E-state index contributed by atoms with van der Waals surface area (Å²) < 4.78 is 1.19. The average Bonchev–Trinajstić information content (AvgIpc) is 1.93. The molecule has 0 unspecified atom stereocenters. The Morgan fingerprint density at radius 2 is 2.20 bits per heavy atom. The third kappa shape index (κ3) is 1.33. The van der Waals surface area contributed by atoms with Crippen molar-refractivity contribution >= 4 is 42.5 Å². The molecule has 0 aromatic rings. The van der Waals surface area contributed by atoms with Crippen molar-refractivity contribution in [3.63, 3.8) is 0 Å². The number of hydrogen-bond donors (Lipinski definition) is 0. The number of piperidine rings is 1. The molecule has 0 aromatic carbocycles. The molecule has 0 aromatic heterocycles. The van der Waals surface area contributed by atoms with E-state index in [0.29, 0.717) is 12.8 Å². The maximum Gasteiger partial charge on any atom is 0.238 e. The normalized spacial score (nSPS) is 27.3. The molecule has 0 radical (unpaired) electrons. The van der Waals surface area contributed by atoms with E-state index in [-0.39, 0.29) is 17.6 Å². The second-order valence-electron chi connectivity index (χ2n) is 2.45.